The van der Waals surface area contributed by atoms with E-state index < -0.39 is 0 Å². The molecule has 2 rings (SSSR count). The summed E-state index contributed by atoms with van der Waals surface area (Å²) in [6, 6.07) is 7.08. The number of nitrogens with one attached hydrogen (secondary N) is 1. The zero-order valence-corrected chi connectivity index (χ0v) is 14.1. The predicted molar refractivity (Wildman–Crippen MR) is 89.5 cm³/mol. The molecule has 3 nitrogen and oxygen atoms in total. The second-order valence-electron chi connectivity index (χ2n) is 4.88. The summed E-state index contributed by atoms with van der Waals surface area (Å²) in [6.07, 6.45) is 0. The molecule has 0 aliphatic carbocycles. The molecule has 0 unspecified atom stereocenters. The van der Waals surface area contributed by atoms with Crippen molar-refractivity contribution in [2.45, 2.75) is 6.04 Å². The zero-order valence-electron chi connectivity index (χ0n) is 11.8. The van der Waals surface area contributed by atoms with Crippen molar-refractivity contribution in [1.29, 1.82) is 0 Å². The fraction of sp³-hybridized carbons (Fsp3) is 0.267. The van der Waals surface area contributed by atoms with Crippen LogP contribution in [-0.4, -0.2) is 31.4 Å². The van der Waals surface area contributed by atoms with Gasteiger partial charge in [-0.1, -0.05) is 23.2 Å². The molecule has 0 saturated heterocycles. The third-order valence-electron chi connectivity index (χ3n) is 3.19. The van der Waals surface area contributed by atoms with Crippen molar-refractivity contribution in [2.24, 2.45) is 0 Å². The van der Waals surface area contributed by atoms with E-state index in [0.717, 1.165) is 0 Å². The maximum Gasteiger partial charge on any atom is 0.251 e. The normalized spacial score (nSPS) is 12.4. The fourth-order valence-electron chi connectivity index (χ4n) is 1.99. The van der Waals surface area contributed by atoms with Gasteiger partial charge >= 0.3 is 0 Å². The predicted octanol–water partition coefficient (Wildman–Crippen LogP) is 4.09. The molecule has 0 fully saturated rings. The number of hydrogen-bond acceptors (Lipinski definition) is 3. The van der Waals surface area contributed by atoms with Crippen LogP contribution in [0.4, 0.5) is 0 Å². The molecule has 0 aliphatic heterocycles. The van der Waals surface area contributed by atoms with Crippen LogP contribution in [0.2, 0.25) is 10.0 Å². The van der Waals surface area contributed by atoms with Crippen molar-refractivity contribution in [2.75, 3.05) is 20.6 Å². The molecule has 0 spiro atoms. The lowest BCUT2D eigenvalue weighted by molar-refractivity contribution is 0.0942. The number of nitrogens with zero attached hydrogens (tertiary/aromatic N) is 1. The highest BCUT2D eigenvalue weighted by molar-refractivity contribution is 7.07. The molecule has 2 aromatic rings. The lowest BCUT2D eigenvalue weighted by Crippen LogP contribution is -2.34. The number of rotatable bonds is 5. The second-order valence-corrected chi connectivity index (χ2v) is 6.47. The summed E-state index contributed by atoms with van der Waals surface area (Å²) in [5, 5.41) is 7.89. The van der Waals surface area contributed by atoms with Crippen molar-refractivity contribution in [3.05, 3.63) is 56.2 Å². The monoisotopic (exact) mass is 342 g/mol. The Morgan fingerprint density at radius 2 is 2.05 bits per heavy atom. The van der Waals surface area contributed by atoms with Crippen LogP contribution >= 0.6 is 34.5 Å². The Morgan fingerprint density at radius 1 is 1.29 bits per heavy atom. The van der Waals surface area contributed by atoms with E-state index >= 15 is 0 Å². The molecule has 1 N–H and O–H groups in total. The molecule has 1 heterocycles. The molecule has 0 saturated carbocycles. The molecule has 112 valence electrons. The standard InChI is InChI=1S/C15H16Cl2N2OS/c1-19(2)14(11-5-6-21-9-11)8-18-15(20)10-3-4-12(16)13(17)7-10/h3-7,9,14H,8H2,1-2H3,(H,18,20)/t14-/m0/s1. The van der Waals surface area contributed by atoms with Crippen LogP contribution in [0.5, 0.6) is 0 Å². The molecule has 6 heteroatoms. The van der Waals surface area contributed by atoms with Gasteiger partial charge in [-0.05, 0) is 54.7 Å². The van der Waals surface area contributed by atoms with Crippen LogP contribution in [0.15, 0.2) is 35.0 Å². The van der Waals surface area contributed by atoms with Crippen LogP contribution in [0.25, 0.3) is 0 Å². The number of benzene rings is 1. The topological polar surface area (TPSA) is 32.3 Å². The lowest BCUT2D eigenvalue weighted by atomic mass is 10.1. The second kappa shape index (κ2) is 7.27. The van der Waals surface area contributed by atoms with Crippen LogP contribution < -0.4 is 5.32 Å². The van der Waals surface area contributed by atoms with Gasteiger partial charge in [0.2, 0.25) is 0 Å². The number of carbonyl (C=O) groups is 1. The lowest BCUT2D eigenvalue weighted by Gasteiger charge is -2.24. The Labute approximate surface area is 138 Å². The van der Waals surface area contributed by atoms with E-state index in [1.807, 2.05) is 19.5 Å². The van der Waals surface area contributed by atoms with Crippen LogP contribution in [0.3, 0.4) is 0 Å². The summed E-state index contributed by atoms with van der Waals surface area (Å²) >= 11 is 13.4. The largest absolute Gasteiger partial charge is 0.350 e. The molecule has 0 aliphatic rings. The first-order valence-corrected chi connectivity index (χ1v) is 8.10. The van der Waals surface area contributed by atoms with E-state index in [4.69, 9.17) is 23.2 Å². The summed E-state index contributed by atoms with van der Waals surface area (Å²) < 4.78 is 0. The highest BCUT2D eigenvalue weighted by atomic mass is 35.5. The van der Waals surface area contributed by atoms with Gasteiger partial charge in [-0.25, -0.2) is 0 Å². The number of amides is 1. The first-order chi connectivity index (χ1) is 9.99. The van der Waals surface area contributed by atoms with Crippen molar-refractivity contribution < 1.29 is 4.79 Å². The van der Waals surface area contributed by atoms with Crippen LogP contribution in [0.1, 0.15) is 22.0 Å². The van der Waals surface area contributed by atoms with Crippen LogP contribution in [-0.2, 0) is 0 Å². The molecule has 21 heavy (non-hydrogen) atoms. The third-order valence-corrected chi connectivity index (χ3v) is 4.63. The highest BCUT2D eigenvalue weighted by Gasteiger charge is 2.16. The minimum absolute atomic E-state index is 0.142. The SMILES string of the molecule is CN(C)[C@@H](CNC(=O)c1ccc(Cl)c(Cl)c1)c1ccsc1. The van der Waals surface area contributed by atoms with Gasteiger partial charge in [-0.2, -0.15) is 11.3 Å². The van der Waals surface area contributed by atoms with Gasteiger partial charge in [0.05, 0.1) is 16.1 Å². The van der Waals surface area contributed by atoms with Gasteiger partial charge in [0.25, 0.3) is 5.91 Å². The minimum atomic E-state index is -0.157. The maximum absolute atomic E-state index is 12.2. The smallest absolute Gasteiger partial charge is 0.251 e. The van der Waals surface area contributed by atoms with E-state index in [-0.39, 0.29) is 11.9 Å². The Hall–Kier alpha value is -1.07. The Balaban J connectivity index is 2.03. The minimum Gasteiger partial charge on any atom is -0.350 e. The van der Waals surface area contributed by atoms with Gasteiger partial charge in [0.15, 0.2) is 0 Å². The summed E-state index contributed by atoms with van der Waals surface area (Å²) in [6.45, 7) is 0.531. The fourth-order valence-corrected chi connectivity index (χ4v) is 3.00. The van der Waals surface area contributed by atoms with Gasteiger partial charge < -0.3 is 10.2 Å². The third kappa shape index (κ3) is 4.20. The average Bonchev–Trinajstić information content (AvgIpc) is 2.95. The van der Waals surface area contributed by atoms with E-state index in [1.54, 1.807) is 29.5 Å². The molecular weight excluding hydrogens is 327 g/mol. The van der Waals surface area contributed by atoms with Gasteiger partial charge in [-0.3, -0.25) is 4.79 Å². The van der Waals surface area contributed by atoms with E-state index in [0.29, 0.717) is 22.2 Å². The molecule has 0 bridgehead atoms. The van der Waals surface area contributed by atoms with E-state index in [9.17, 15) is 4.79 Å². The number of thiophene rings is 1. The summed E-state index contributed by atoms with van der Waals surface area (Å²) in [7, 11) is 3.99. The molecule has 1 atom stereocenters. The van der Waals surface area contributed by atoms with Crippen molar-refractivity contribution in [3.63, 3.8) is 0 Å². The Bertz CT molecular complexity index is 614. The molecule has 1 aromatic carbocycles. The summed E-state index contributed by atoms with van der Waals surface area (Å²) in [5.41, 5.74) is 1.70. The Kier molecular flexibility index (Phi) is 5.65. The molecule has 1 amide bonds. The van der Waals surface area contributed by atoms with Crippen molar-refractivity contribution in [1.82, 2.24) is 10.2 Å². The molecule has 1 aromatic heterocycles. The summed E-state index contributed by atoms with van der Waals surface area (Å²) in [5.74, 6) is -0.157. The number of halogens is 2. The first-order valence-electron chi connectivity index (χ1n) is 6.41. The van der Waals surface area contributed by atoms with E-state index in [1.165, 1.54) is 5.56 Å². The van der Waals surface area contributed by atoms with Gasteiger partial charge in [0, 0.05) is 12.1 Å². The highest BCUT2D eigenvalue weighted by Crippen LogP contribution is 2.23. The number of carbonyl (C=O) groups excluding carboxylic acids is 1. The van der Waals surface area contributed by atoms with Crippen LogP contribution in [0, 0.1) is 0 Å². The number of likely N-dealkylation sites (N-methyl/N-ethyl adjacent to an activating group) is 1. The maximum atomic E-state index is 12.2. The summed E-state index contributed by atoms with van der Waals surface area (Å²) in [4.78, 5) is 14.3. The van der Waals surface area contributed by atoms with Gasteiger partial charge in [0.1, 0.15) is 0 Å². The Morgan fingerprint density at radius 3 is 2.62 bits per heavy atom. The first kappa shape index (κ1) is 16.3. The molecular formula is C15H16Cl2N2OS. The number of hydrogen-bond donors (Lipinski definition) is 1. The molecule has 0 radical (unpaired) electrons. The zero-order chi connectivity index (χ0) is 15.4. The van der Waals surface area contributed by atoms with E-state index in [2.05, 4.69) is 21.7 Å². The van der Waals surface area contributed by atoms with Gasteiger partial charge in [-0.15, -0.1) is 0 Å². The van der Waals surface area contributed by atoms with Crippen molar-refractivity contribution >= 4 is 40.4 Å². The average molecular weight is 343 g/mol. The quantitative estimate of drug-likeness (QED) is 0.887. The van der Waals surface area contributed by atoms with Crippen molar-refractivity contribution in [3.8, 4) is 0 Å².